The van der Waals surface area contributed by atoms with Crippen LogP contribution in [-0.4, -0.2) is 84.9 Å². The molecule has 0 aliphatic carbocycles. The molecule has 2 rings (SSSR count). The van der Waals surface area contributed by atoms with E-state index in [4.69, 9.17) is 4.74 Å². The highest BCUT2D eigenvalue weighted by Gasteiger charge is 2.37. The lowest BCUT2D eigenvalue weighted by molar-refractivity contribution is -0.143. The molecule has 9 heteroatoms. The predicted molar refractivity (Wildman–Crippen MR) is 170 cm³/mol. The van der Waals surface area contributed by atoms with E-state index < -0.39 is 6.10 Å². The second-order valence-corrected chi connectivity index (χ2v) is 12.9. The Kier molecular flexibility index (Phi) is 15.2. The van der Waals surface area contributed by atoms with Gasteiger partial charge in [0.2, 0.25) is 23.6 Å². The van der Waals surface area contributed by atoms with E-state index in [0.717, 1.165) is 25.7 Å². The van der Waals surface area contributed by atoms with E-state index in [1.54, 1.807) is 19.1 Å². The molecule has 1 aliphatic heterocycles. The highest BCUT2D eigenvalue weighted by atomic mass is 16.5. The second-order valence-electron chi connectivity index (χ2n) is 12.9. The molecule has 0 saturated carbocycles. The minimum absolute atomic E-state index is 0.00670. The van der Waals surface area contributed by atoms with Gasteiger partial charge < -0.3 is 25.2 Å². The molecule has 1 saturated heterocycles. The standard InChI is InChI=1S/C34H56N4O5/c1-9-24(4)33(37(7)32(41)22-35-30(39)18-23(2)3)29(43-8)21-31(40)38-17-13-16-28(38)19-25(5)34(42)36-26(6)20-27-14-11-10-12-15-27/h10-12,14-15,23-26,28-29,33H,9,13,16-22H2,1-8H3,(H,35,39)(H,36,42)/t24-,25+,26+,28-,29?,33?/m0/s1. The van der Waals surface area contributed by atoms with Crippen molar-refractivity contribution in [3.63, 3.8) is 0 Å². The summed E-state index contributed by atoms with van der Waals surface area (Å²) >= 11 is 0. The van der Waals surface area contributed by atoms with E-state index in [1.165, 1.54) is 5.56 Å². The molecule has 9 nitrogen and oxygen atoms in total. The lowest BCUT2D eigenvalue weighted by atomic mass is 9.90. The van der Waals surface area contributed by atoms with Gasteiger partial charge in [-0.3, -0.25) is 19.2 Å². The van der Waals surface area contributed by atoms with Gasteiger partial charge in [-0.05, 0) is 50.0 Å². The highest BCUT2D eigenvalue weighted by molar-refractivity contribution is 5.85. The Hall–Kier alpha value is -2.94. The van der Waals surface area contributed by atoms with Crippen molar-refractivity contribution in [2.24, 2.45) is 17.8 Å². The maximum Gasteiger partial charge on any atom is 0.242 e. The van der Waals surface area contributed by atoms with Crippen LogP contribution in [0, 0.1) is 17.8 Å². The molecule has 1 aliphatic rings. The fourth-order valence-corrected chi connectivity index (χ4v) is 6.11. The van der Waals surface area contributed by atoms with Gasteiger partial charge in [0.25, 0.3) is 0 Å². The molecule has 1 heterocycles. The Labute approximate surface area is 259 Å². The van der Waals surface area contributed by atoms with Crippen molar-refractivity contribution < 1.29 is 23.9 Å². The van der Waals surface area contributed by atoms with Crippen LogP contribution >= 0.6 is 0 Å². The molecule has 2 N–H and O–H groups in total. The number of ether oxygens (including phenoxy) is 1. The minimum atomic E-state index is -0.497. The van der Waals surface area contributed by atoms with Gasteiger partial charge >= 0.3 is 0 Å². The van der Waals surface area contributed by atoms with Crippen molar-refractivity contribution in [1.29, 1.82) is 0 Å². The molecule has 1 aromatic rings. The Morgan fingerprint density at radius 3 is 2.33 bits per heavy atom. The first kappa shape index (κ1) is 36.3. The van der Waals surface area contributed by atoms with Crippen LogP contribution in [0.25, 0.3) is 0 Å². The predicted octanol–water partition coefficient (Wildman–Crippen LogP) is 4.19. The minimum Gasteiger partial charge on any atom is -0.379 e. The summed E-state index contributed by atoms with van der Waals surface area (Å²) < 4.78 is 5.87. The second kappa shape index (κ2) is 18.0. The van der Waals surface area contributed by atoms with Crippen molar-refractivity contribution in [1.82, 2.24) is 20.4 Å². The number of hydrogen-bond acceptors (Lipinski definition) is 5. The molecular weight excluding hydrogens is 544 g/mol. The van der Waals surface area contributed by atoms with Crippen LogP contribution in [0.3, 0.4) is 0 Å². The third-order valence-corrected chi connectivity index (χ3v) is 8.70. The number of benzene rings is 1. The van der Waals surface area contributed by atoms with Crippen molar-refractivity contribution in [3.8, 4) is 0 Å². The average molecular weight is 601 g/mol. The van der Waals surface area contributed by atoms with E-state index >= 15 is 0 Å². The van der Waals surface area contributed by atoms with E-state index in [1.807, 2.05) is 50.8 Å². The van der Waals surface area contributed by atoms with Gasteiger partial charge in [0.1, 0.15) is 0 Å². The van der Waals surface area contributed by atoms with Crippen LogP contribution in [0.4, 0.5) is 0 Å². The Morgan fingerprint density at radius 1 is 1.05 bits per heavy atom. The number of hydrogen-bond donors (Lipinski definition) is 2. The summed E-state index contributed by atoms with van der Waals surface area (Å²) in [5.41, 5.74) is 1.18. The van der Waals surface area contributed by atoms with Crippen molar-refractivity contribution >= 4 is 23.6 Å². The third kappa shape index (κ3) is 11.6. The van der Waals surface area contributed by atoms with E-state index in [9.17, 15) is 19.2 Å². The number of likely N-dealkylation sites (tertiary alicyclic amines) is 1. The highest BCUT2D eigenvalue weighted by Crippen LogP contribution is 2.27. The molecule has 1 aromatic carbocycles. The largest absolute Gasteiger partial charge is 0.379 e. The summed E-state index contributed by atoms with van der Waals surface area (Å²) in [6, 6.07) is 9.79. The number of amides is 4. The molecule has 43 heavy (non-hydrogen) atoms. The zero-order valence-electron chi connectivity index (χ0n) is 27.7. The zero-order chi connectivity index (χ0) is 32.1. The van der Waals surface area contributed by atoms with Gasteiger partial charge in [0, 0.05) is 45.1 Å². The topological polar surface area (TPSA) is 108 Å². The normalized spacial score (nSPS) is 18.4. The van der Waals surface area contributed by atoms with Gasteiger partial charge in [-0.25, -0.2) is 0 Å². The summed E-state index contributed by atoms with van der Waals surface area (Å²) in [5, 5.41) is 5.87. The van der Waals surface area contributed by atoms with Gasteiger partial charge in [0.05, 0.1) is 25.1 Å². The number of rotatable bonds is 17. The molecule has 6 atom stereocenters. The maximum absolute atomic E-state index is 13.7. The summed E-state index contributed by atoms with van der Waals surface area (Å²) in [6.45, 7) is 12.5. The smallest absolute Gasteiger partial charge is 0.242 e. The first-order valence-corrected chi connectivity index (χ1v) is 16.1. The lowest BCUT2D eigenvalue weighted by Gasteiger charge is -2.38. The van der Waals surface area contributed by atoms with E-state index in [0.29, 0.717) is 19.4 Å². The van der Waals surface area contributed by atoms with Crippen LogP contribution in [-0.2, 0) is 30.3 Å². The quantitative estimate of drug-likeness (QED) is 0.279. The molecule has 0 aromatic heterocycles. The number of nitrogens with zero attached hydrogens (tertiary/aromatic N) is 2. The fraction of sp³-hybridized carbons (Fsp3) is 0.706. The summed E-state index contributed by atoms with van der Waals surface area (Å²) in [4.78, 5) is 55.4. The molecule has 4 amide bonds. The summed E-state index contributed by atoms with van der Waals surface area (Å²) in [7, 11) is 3.31. The molecule has 1 fully saturated rings. The molecular formula is C34H56N4O5. The number of nitrogens with one attached hydrogen (secondary N) is 2. The van der Waals surface area contributed by atoms with E-state index in [2.05, 4.69) is 36.6 Å². The van der Waals surface area contributed by atoms with Crippen molar-refractivity contribution in [2.45, 2.75) is 111 Å². The number of carbonyl (C=O) groups excluding carboxylic acids is 4. The fourth-order valence-electron chi connectivity index (χ4n) is 6.11. The van der Waals surface area contributed by atoms with Crippen LogP contribution in [0.5, 0.6) is 0 Å². The molecule has 0 radical (unpaired) electrons. The average Bonchev–Trinajstić information content (AvgIpc) is 3.43. The molecule has 0 bridgehead atoms. The van der Waals surface area contributed by atoms with Crippen LogP contribution < -0.4 is 10.6 Å². The Morgan fingerprint density at radius 2 is 1.72 bits per heavy atom. The first-order chi connectivity index (χ1) is 20.4. The monoisotopic (exact) mass is 600 g/mol. The van der Waals surface area contributed by atoms with Crippen molar-refractivity contribution in [2.75, 3.05) is 27.2 Å². The van der Waals surface area contributed by atoms with Gasteiger partial charge in [-0.2, -0.15) is 0 Å². The number of carbonyl (C=O) groups is 4. The lowest BCUT2D eigenvalue weighted by Crippen LogP contribution is -2.53. The van der Waals surface area contributed by atoms with Gasteiger partial charge in [-0.1, -0.05) is 71.4 Å². The summed E-state index contributed by atoms with van der Waals surface area (Å²) in [6.07, 6.45) is 3.96. The van der Waals surface area contributed by atoms with Crippen molar-refractivity contribution in [3.05, 3.63) is 35.9 Å². The van der Waals surface area contributed by atoms with E-state index in [-0.39, 0.29) is 72.5 Å². The number of likely N-dealkylation sites (N-methyl/N-ethyl adjacent to an activating group) is 1. The van der Waals surface area contributed by atoms with Crippen LogP contribution in [0.1, 0.15) is 85.6 Å². The van der Waals surface area contributed by atoms with Crippen LogP contribution in [0.15, 0.2) is 30.3 Å². The number of methoxy groups -OCH3 is 1. The zero-order valence-corrected chi connectivity index (χ0v) is 27.7. The molecule has 2 unspecified atom stereocenters. The molecule has 0 spiro atoms. The summed E-state index contributed by atoms with van der Waals surface area (Å²) in [5.74, 6) is -0.305. The Balaban J connectivity index is 2.00. The SMILES string of the molecule is CC[C@H](C)C(C(CC(=O)N1CCC[C@H]1C[C@@H](C)C(=O)N[C@H](C)Cc1ccccc1)OC)N(C)C(=O)CNC(=O)CC(C)C. The first-order valence-electron chi connectivity index (χ1n) is 16.1. The third-order valence-electron chi connectivity index (χ3n) is 8.70. The van der Waals surface area contributed by atoms with Crippen LogP contribution in [0.2, 0.25) is 0 Å². The molecule has 242 valence electrons. The Bertz CT molecular complexity index is 1030. The maximum atomic E-state index is 13.7. The van der Waals surface area contributed by atoms with Gasteiger partial charge in [-0.15, -0.1) is 0 Å². The van der Waals surface area contributed by atoms with Gasteiger partial charge in [0.15, 0.2) is 0 Å².